The molecule has 0 spiro atoms. The molecule has 8 heteroatoms. The molecule has 2 aliphatic rings. The van der Waals surface area contributed by atoms with E-state index in [9.17, 15) is 22.8 Å². The second-order valence-electron chi connectivity index (χ2n) is 7.52. The largest absolute Gasteiger partial charge is 0.391 e. The van der Waals surface area contributed by atoms with Gasteiger partial charge in [-0.05, 0) is 38.2 Å². The van der Waals surface area contributed by atoms with Crippen molar-refractivity contribution in [3.8, 4) is 0 Å². The number of halogens is 3. The third-order valence-electron chi connectivity index (χ3n) is 5.55. The molecular formula is C19H25F3N2O3. The molecule has 3 unspecified atom stereocenters. The van der Waals surface area contributed by atoms with Crippen LogP contribution in [0.4, 0.5) is 18.9 Å². The van der Waals surface area contributed by atoms with Crippen molar-refractivity contribution in [3.63, 3.8) is 0 Å². The van der Waals surface area contributed by atoms with E-state index in [0.29, 0.717) is 5.69 Å². The first-order chi connectivity index (χ1) is 12.8. The summed E-state index contributed by atoms with van der Waals surface area (Å²) in [6, 6.07) is 2.79. The van der Waals surface area contributed by atoms with Gasteiger partial charge in [0.1, 0.15) is 0 Å². The highest BCUT2D eigenvalue weighted by molar-refractivity contribution is 5.92. The van der Waals surface area contributed by atoms with Gasteiger partial charge in [0, 0.05) is 18.0 Å². The molecule has 1 heterocycles. The molecule has 0 saturated heterocycles. The molecule has 2 fully saturated rings. The summed E-state index contributed by atoms with van der Waals surface area (Å²) in [7, 11) is 0. The van der Waals surface area contributed by atoms with Crippen LogP contribution in [0.25, 0.3) is 0 Å². The Balaban J connectivity index is 1.71. The van der Waals surface area contributed by atoms with E-state index in [0.717, 1.165) is 32.1 Å². The standard InChI is InChI=1S/C19H25F3N2O3/c20-19(21,22)12-6-7-15(16(10-12)27-14-4-2-1-3-5-14)18(26)24-13-8-9-23-17(25)11-13/h8-9,11-12,14-16H,1-7,10H2,(H2,23,24,25,26). The Hall–Kier alpha value is -1.83. The van der Waals surface area contributed by atoms with Crippen LogP contribution in [0.15, 0.2) is 23.1 Å². The fraction of sp³-hybridized carbons (Fsp3) is 0.684. The number of pyridine rings is 1. The summed E-state index contributed by atoms with van der Waals surface area (Å²) in [4.78, 5) is 26.5. The summed E-state index contributed by atoms with van der Waals surface area (Å²) >= 11 is 0. The van der Waals surface area contributed by atoms with E-state index >= 15 is 0 Å². The smallest absolute Gasteiger partial charge is 0.374 e. The Bertz CT molecular complexity index is 698. The van der Waals surface area contributed by atoms with E-state index in [-0.39, 0.29) is 36.8 Å². The molecule has 2 N–H and O–H groups in total. The molecule has 5 nitrogen and oxygen atoms in total. The number of ether oxygens (including phenoxy) is 1. The number of hydrogen-bond acceptors (Lipinski definition) is 3. The lowest BCUT2D eigenvalue weighted by atomic mass is 9.78. The van der Waals surface area contributed by atoms with Gasteiger partial charge >= 0.3 is 6.18 Å². The van der Waals surface area contributed by atoms with Crippen LogP contribution in [0.1, 0.15) is 51.4 Å². The minimum atomic E-state index is -4.28. The Labute approximate surface area is 155 Å². The van der Waals surface area contributed by atoms with Gasteiger partial charge in [0.2, 0.25) is 11.5 Å². The van der Waals surface area contributed by atoms with E-state index in [1.165, 1.54) is 18.3 Å². The van der Waals surface area contributed by atoms with Gasteiger partial charge in [-0.15, -0.1) is 0 Å². The number of carbonyl (C=O) groups is 1. The summed E-state index contributed by atoms with van der Waals surface area (Å²) in [5.74, 6) is -2.47. The first-order valence-corrected chi connectivity index (χ1v) is 9.54. The van der Waals surface area contributed by atoms with Gasteiger partial charge in [0.05, 0.1) is 24.0 Å². The summed E-state index contributed by atoms with van der Waals surface area (Å²) in [6.45, 7) is 0. The van der Waals surface area contributed by atoms with Crippen molar-refractivity contribution in [3.05, 3.63) is 28.7 Å². The average molecular weight is 386 g/mol. The average Bonchev–Trinajstić information content (AvgIpc) is 2.62. The van der Waals surface area contributed by atoms with E-state index in [2.05, 4.69) is 10.3 Å². The van der Waals surface area contributed by atoms with E-state index in [1.807, 2.05) is 0 Å². The lowest BCUT2D eigenvalue weighted by molar-refractivity contribution is -0.202. The Morgan fingerprint density at radius 1 is 1.15 bits per heavy atom. The normalized spacial score (nSPS) is 27.3. The second kappa shape index (κ2) is 8.46. The Morgan fingerprint density at radius 2 is 1.89 bits per heavy atom. The summed E-state index contributed by atoms with van der Waals surface area (Å²) in [6.07, 6.45) is 0.935. The molecule has 2 saturated carbocycles. The van der Waals surface area contributed by atoms with Crippen molar-refractivity contribution in [2.75, 3.05) is 5.32 Å². The van der Waals surface area contributed by atoms with E-state index in [1.54, 1.807) is 0 Å². The molecule has 27 heavy (non-hydrogen) atoms. The molecule has 0 bridgehead atoms. The minimum absolute atomic E-state index is 0.0781. The number of hydrogen-bond donors (Lipinski definition) is 2. The van der Waals surface area contributed by atoms with Gasteiger partial charge in [0.15, 0.2) is 0 Å². The number of aromatic nitrogens is 1. The number of aromatic amines is 1. The van der Waals surface area contributed by atoms with Crippen molar-refractivity contribution in [1.82, 2.24) is 4.98 Å². The number of carbonyl (C=O) groups excluding carboxylic acids is 1. The van der Waals surface area contributed by atoms with Crippen LogP contribution in [0, 0.1) is 11.8 Å². The van der Waals surface area contributed by atoms with E-state index in [4.69, 9.17) is 4.74 Å². The molecule has 1 aromatic rings. The van der Waals surface area contributed by atoms with Crippen LogP contribution in [0.3, 0.4) is 0 Å². The first kappa shape index (κ1) is 19.9. The number of alkyl halides is 3. The minimum Gasteiger partial charge on any atom is -0.374 e. The van der Waals surface area contributed by atoms with Crippen LogP contribution >= 0.6 is 0 Å². The zero-order valence-electron chi connectivity index (χ0n) is 15.1. The fourth-order valence-corrected chi connectivity index (χ4v) is 4.08. The van der Waals surface area contributed by atoms with Crippen molar-refractivity contribution in [1.29, 1.82) is 0 Å². The molecule has 1 aromatic heterocycles. The van der Waals surface area contributed by atoms with E-state index < -0.39 is 24.1 Å². The maximum absolute atomic E-state index is 13.2. The maximum Gasteiger partial charge on any atom is 0.391 e. The van der Waals surface area contributed by atoms with Crippen molar-refractivity contribution >= 4 is 11.6 Å². The number of amides is 1. The molecule has 2 aliphatic carbocycles. The molecule has 150 valence electrons. The molecule has 0 aliphatic heterocycles. The Morgan fingerprint density at radius 3 is 2.56 bits per heavy atom. The molecule has 3 atom stereocenters. The molecule has 0 aromatic carbocycles. The van der Waals surface area contributed by atoms with Gasteiger partial charge in [-0.2, -0.15) is 13.2 Å². The third kappa shape index (κ3) is 5.34. The van der Waals surface area contributed by atoms with Crippen molar-refractivity contribution < 1.29 is 22.7 Å². The van der Waals surface area contributed by atoms with Crippen LogP contribution in [0.2, 0.25) is 0 Å². The third-order valence-corrected chi connectivity index (χ3v) is 5.55. The highest BCUT2D eigenvalue weighted by Crippen LogP contribution is 2.42. The summed E-state index contributed by atoms with van der Waals surface area (Å²) < 4.78 is 45.7. The van der Waals surface area contributed by atoms with Gasteiger partial charge in [-0.3, -0.25) is 9.59 Å². The summed E-state index contributed by atoms with van der Waals surface area (Å²) in [5, 5.41) is 2.65. The highest BCUT2D eigenvalue weighted by Gasteiger charge is 2.47. The first-order valence-electron chi connectivity index (χ1n) is 9.54. The fourth-order valence-electron chi connectivity index (χ4n) is 4.08. The molecule has 1 amide bonds. The number of anilines is 1. The van der Waals surface area contributed by atoms with Crippen molar-refractivity contribution in [2.24, 2.45) is 11.8 Å². The highest BCUT2D eigenvalue weighted by atomic mass is 19.4. The number of rotatable bonds is 4. The number of nitrogens with one attached hydrogen (secondary N) is 2. The van der Waals surface area contributed by atoms with Gasteiger partial charge < -0.3 is 15.0 Å². The van der Waals surface area contributed by atoms with Crippen LogP contribution in [-0.2, 0) is 9.53 Å². The predicted octanol–water partition coefficient (Wildman–Crippen LogP) is 4.01. The molecule has 0 radical (unpaired) electrons. The zero-order valence-corrected chi connectivity index (χ0v) is 15.1. The van der Waals surface area contributed by atoms with Gasteiger partial charge in [-0.25, -0.2) is 0 Å². The summed E-state index contributed by atoms with van der Waals surface area (Å²) in [5.41, 5.74) is -0.0262. The predicted molar refractivity (Wildman–Crippen MR) is 94.3 cm³/mol. The SMILES string of the molecule is O=C(Nc1cc[nH]c(=O)c1)C1CCC(C(F)(F)F)CC1OC1CCCCC1. The van der Waals surface area contributed by atoms with Crippen LogP contribution in [0.5, 0.6) is 0 Å². The topological polar surface area (TPSA) is 71.2 Å². The second-order valence-corrected chi connectivity index (χ2v) is 7.52. The van der Waals surface area contributed by atoms with Crippen LogP contribution in [-0.4, -0.2) is 29.3 Å². The molecule has 3 rings (SSSR count). The van der Waals surface area contributed by atoms with Crippen molar-refractivity contribution in [2.45, 2.75) is 69.8 Å². The van der Waals surface area contributed by atoms with Gasteiger partial charge in [0.25, 0.3) is 0 Å². The molecular weight excluding hydrogens is 361 g/mol. The quantitative estimate of drug-likeness (QED) is 0.821. The lowest BCUT2D eigenvalue weighted by Crippen LogP contribution is -2.44. The zero-order chi connectivity index (χ0) is 19.4. The number of H-pyrrole nitrogens is 1. The van der Waals surface area contributed by atoms with Crippen LogP contribution < -0.4 is 10.9 Å². The maximum atomic E-state index is 13.2. The monoisotopic (exact) mass is 386 g/mol. The Kier molecular flexibility index (Phi) is 6.24. The van der Waals surface area contributed by atoms with Gasteiger partial charge in [-0.1, -0.05) is 19.3 Å². The lowest BCUT2D eigenvalue weighted by Gasteiger charge is -2.38.